The second kappa shape index (κ2) is 8.28. The summed E-state index contributed by atoms with van der Waals surface area (Å²) in [4.78, 5) is 30.5. The summed E-state index contributed by atoms with van der Waals surface area (Å²) >= 11 is 0. The first-order chi connectivity index (χ1) is 12.0. The first-order valence-electron chi connectivity index (χ1n) is 8.23. The SMILES string of the molecule is CCOC(=O)c1ccc(C(=O)Nc2cccc(N(C)CC)c2)nc1C. The third kappa shape index (κ3) is 4.56. The van der Waals surface area contributed by atoms with Crippen molar-refractivity contribution in [3.05, 3.63) is 53.3 Å². The van der Waals surface area contributed by atoms with Crippen LogP contribution in [0.25, 0.3) is 0 Å². The first-order valence-corrected chi connectivity index (χ1v) is 8.23. The summed E-state index contributed by atoms with van der Waals surface area (Å²) in [5, 5.41) is 2.83. The summed E-state index contributed by atoms with van der Waals surface area (Å²) in [6.45, 7) is 6.64. The Balaban J connectivity index is 2.16. The van der Waals surface area contributed by atoms with Crippen LogP contribution in [0.2, 0.25) is 0 Å². The Morgan fingerprint density at radius 1 is 1.20 bits per heavy atom. The van der Waals surface area contributed by atoms with E-state index >= 15 is 0 Å². The van der Waals surface area contributed by atoms with Crippen molar-refractivity contribution in [3.8, 4) is 0 Å². The average molecular weight is 341 g/mol. The van der Waals surface area contributed by atoms with Crippen LogP contribution in [0.3, 0.4) is 0 Å². The number of hydrogen-bond donors (Lipinski definition) is 1. The number of hydrogen-bond acceptors (Lipinski definition) is 5. The summed E-state index contributed by atoms with van der Waals surface area (Å²) in [5.74, 6) is -0.760. The molecule has 1 aromatic carbocycles. The molecule has 6 heteroatoms. The minimum Gasteiger partial charge on any atom is -0.462 e. The third-order valence-corrected chi connectivity index (χ3v) is 3.83. The van der Waals surface area contributed by atoms with E-state index in [4.69, 9.17) is 4.74 Å². The zero-order chi connectivity index (χ0) is 18.4. The number of carbonyl (C=O) groups is 2. The molecule has 0 spiro atoms. The van der Waals surface area contributed by atoms with Crippen molar-refractivity contribution in [1.82, 2.24) is 4.98 Å². The quantitative estimate of drug-likeness (QED) is 0.817. The molecule has 0 saturated heterocycles. The van der Waals surface area contributed by atoms with E-state index in [2.05, 4.69) is 22.1 Å². The van der Waals surface area contributed by atoms with Crippen LogP contribution in [0.1, 0.15) is 40.4 Å². The maximum absolute atomic E-state index is 12.4. The van der Waals surface area contributed by atoms with Gasteiger partial charge in [0.2, 0.25) is 0 Å². The van der Waals surface area contributed by atoms with Crippen LogP contribution in [-0.4, -0.2) is 37.1 Å². The lowest BCUT2D eigenvalue weighted by Gasteiger charge is -2.17. The number of ether oxygens (including phenoxy) is 1. The molecule has 0 saturated carbocycles. The molecule has 6 nitrogen and oxygen atoms in total. The van der Waals surface area contributed by atoms with Crippen molar-refractivity contribution in [2.75, 3.05) is 30.4 Å². The summed E-state index contributed by atoms with van der Waals surface area (Å²) in [5.41, 5.74) is 2.79. The van der Waals surface area contributed by atoms with Gasteiger partial charge in [-0.15, -0.1) is 0 Å². The molecule has 0 bridgehead atoms. The number of pyridine rings is 1. The lowest BCUT2D eigenvalue weighted by Crippen LogP contribution is -2.18. The van der Waals surface area contributed by atoms with E-state index in [1.165, 1.54) is 6.07 Å². The van der Waals surface area contributed by atoms with Crippen molar-refractivity contribution in [3.63, 3.8) is 0 Å². The molecule has 1 heterocycles. The lowest BCUT2D eigenvalue weighted by molar-refractivity contribution is 0.0524. The zero-order valence-corrected chi connectivity index (χ0v) is 15.0. The Morgan fingerprint density at radius 2 is 1.96 bits per heavy atom. The van der Waals surface area contributed by atoms with Crippen LogP contribution in [0.15, 0.2) is 36.4 Å². The molecule has 1 amide bonds. The van der Waals surface area contributed by atoms with Gasteiger partial charge in [0.05, 0.1) is 17.9 Å². The van der Waals surface area contributed by atoms with Gasteiger partial charge in [0.15, 0.2) is 0 Å². The molecule has 132 valence electrons. The van der Waals surface area contributed by atoms with Crippen LogP contribution in [0.4, 0.5) is 11.4 Å². The predicted molar refractivity (Wildman–Crippen MR) is 98.3 cm³/mol. The van der Waals surface area contributed by atoms with Crippen LogP contribution in [-0.2, 0) is 4.74 Å². The molecular weight excluding hydrogens is 318 g/mol. The number of carbonyl (C=O) groups excluding carboxylic acids is 2. The minimum atomic E-state index is -0.435. The first kappa shape index (κ1) is 18.4. The molecule has 1 aromatic heterocycles. The van der Waals surface area contributed by atoms with Gasteiger partial charge in [-0.2, -0.15) is 0 Å². The van der Waals surface area contributed by atoms with E-state index in [-0.39, 0.29) is 11.6 Å². The molecule has 25 heavy (non-hydrogen) atoms. The van der Waals surface area contributed by atoms with Crippen LogP contribution >= 0.6 is 0 Å². The standard InChI is InChI=1S/C19H23N3O3/c1-5-22(4)15-9-7-8-14(12-15)21-18(23)17-11-10-16(13(3)20-17)19(24)25-6-2/h7-12H,5-6H2,1-4H3,(H,21,23). The fraction of sp³-hybridized carbons (Fsp3) is 0.316. The third-order valence-electron chi connectivity index (χ3n) is 3.83. The Bertz CT molecular complexity index is 774. The summed E-state index contributed by atoms with van der Waals surface area (Å²) < 4.78 is 4.97. The van der Waals surface area contributed by atoms with E-state index in [1.807, 2.05) is 31.3 Å². The highest BCUT2D eigenvalue weighted by atomic mass is 16.5. The number of aromatic nitrogens is 1. The van der Waals surface area contributed by atoms with E-state index in [0.717, 1.165) is 12.2 Å². The molecular formula is C19H23N3O3. The van der Waals surface area contributed by atoms with Crippen molar-refractivity contribution < 1.29 is 14.3 Å². The maximum atomic E-state index is 12.4. The molecule has 0 aliphatic carbocycles. The second-order valence-corrected chi connectivity index (χ2v) is 5.57. The van der Waals surface area contributed by atoms with Crippen LogP contribution in [0.5, 0.6) is 0 Å². The van der Waals surface area contributed by atoms with Crippen molar-refractivity contribution in [2.24, 2.45) is 0 Å². The highest BCUT2D eigenvalue weighted by Crippen LogP contribution is 2.19. The molecule has 0 fully saturated rings. The molecule has 1 N–H and O–H groups in total. The van der Waals surface area contributed by atoms with Crippen molar-refractivity contribution in [2.45, 2.75) is 20.8 Å². The summed E-state index contributed by atoms with van der Waals surface area (Å²) in [7, 11) is 1.99. The monoisotopic (exact) mass is 341 g/mol. The highest BCUT2D eigenvalue weighted by molar-refractivity contribution is 6.03. The molecule has 0 unspecified atom stereocenters. The smallest absolute Gasteiger partial charge is 0.339 e. The number of amides is 1. The largest absolute Gasteiger partial charge is 0.462 e. The topological polar surface area (TPSA) is 71.5 Å². The molecule has 2 aromatic rings. The van der Waals surface area contributed by atoms with Gasteiger partial charge in [0.1, 0.15) is 5.69 Å². The van der Waals surface area contributed by atoms with E-state index in [9.17, 15) is 9.59 Å². The van der Waals surface area contributed by atoms with Gasteiger partial charge in [0.25, 0.3) is 5.91 Å². The van der Waals surface area contributed by atoms with Crippen molar-refractivity contribution >= 4 is 23.3 Å². The van der Waals surface area contributed by atoms with Crippen LogP contribution < -0.4 is 10.2 Å². The fourth-order valence-corrected chi connectivity index (χ4v) is 2.31. The number of esters is 1. The number of benzene rings is 1. The van der Waals surface area contributed by atoms with E-state index in [1.54, 1.807) is 19.9 Å². The van der Waals surface area contributed by atoms with Gasteiger partial charge in [-0.3, -0.25) is 4.79 Å². The van der Waals surface area contributed by atoms with Gasteiger partial charge in [-0.05, 0) is 51.1 Å². The second-order valence-electron chi connectivity index (χ2n) is 5.57. The highest BCUT2D eigenvalue weighted by Gasteiger charge is 2.15. The van der Waals surface area contributed by atoms with Gasteiger partial charge in [-0.1, -0.05) is 6.07 Å². The zero-order valence-electron chi connectivity index (χ0n) is 15.0. The maximum Gasteiger partial charge on any atom is 0.339 e. The summed E-state index contributed by atoms with van der Waals surface area (Å²) in [6.07, 6.45) is 0. The number of nitrogens with zero attached hydrogens (tertiary/aromatic N) is 2. The molecule has 0 aliphatic heterocycles. The van der Waals surface area contributed by atoms with E-state index < -0.39 is 5.97 Å². The predicted octanol–water partition coefficient (Wildman–Crippen LogP) is 3.28. The molecule has 0 atom stereocenters. The molecule has 2 rings (SSSR count). The number of nitrogens with one attached hydrogen (secondary N) is 1. The number of anilines is 2. The Labute approximate surface area is 147 Å². The number of aryl methyl sites for hydroxylation is 1. The van der Waals surface area contributed by atoms with Gasteiger partial charge in [-0.25, -0.2) is 9.78 Å². The normalized spacial score (nSPS) is 10.2. The average Bonchev–Trinajstić information content (AvgIpc) is 2.61. The molecule has 0 aliphatic rings. The Morgan fingerprint density at radius 3 is 2.60 bits per heavy atom. The Hall–Kier alpha value is -2.89. The van der Waals surface area contributed by atoms with Gasteiger partial charge < -0.3 is 15.0 Å². The molecule has 0 radical (unpaired) electrons. The van der Waals surface area contributed by atoms with Crippen molar-refractivity contribution in [1.29, 1.82) is 0 Å². The fourth-order valence-electron chi connectivity index (χ4n) is 2.31. The summed E-state index contributed by atoms with van der Waals surface area (Å²) in [6, 6.07) is 10.7. The van der Waals surface area contributed by atoms with E-state index in [0.29, 0.717) is 23.6 Å². The number of rotatable bonds is 6. The van der Waals surface area contributed by atoms with Gasteiger partial charge in [0, 0.05) is 25.0 Å². The van der Waals surface area contributed by atoms with Gasteiger partial charge >= 0.3 is 5.97 Å². The Kier molecular flexibility index (Phi) is 6.11. The lowest BCUT2D eigenvalue weighted by atomic mass is 10.2. The minimum absolute atomic E-state index is 0.250. The van der Waals surface area contributed by atoms with Crippen LogP contribution in [0, 0.1) is 6.92 Å².